The average Bonchev–Trinajstić information content (AvgIpc) is 2.88. The van der Waals surface area contributed by atoms with Crippen molar-refractivity contribution in [1.82, 2.24) is 4.31 Å². The van der Waals surface area contributed by atoms with E-state index in [4.69, 9.17) is 9.47 Å². The summed E-state index contributed by atoms with van der Waals surface area (Å²) >= 11 is 3.14. The van der Waals surface area contributed by atoms with Crippen LogP contribution in [0.25, 0.3) is 0 Å². The summed E-state index contributed by atoms with van der Waals surface area (Å²) in [5.41, 5.74) is 0. The summed E-state index contributed by atoms with van der Waals surface area (Å²) in [5, 5.41) is -0.464. The molecule has 6 atom stereocenters. The molecule has 3 fully saturated rings. The molecular weight excluding hydrogens is 326 g/mol. The molecule has 102 valence electrons. The Bertz CT molecular complexity index is 492. The van der Waals surface area contributed by atoms with Crippen LogP contribution in [0.4, 0.5) is 0 Å². The molecule has 0 amide bonds. The van der Waals surface area contributed by atoms with E-state index in [0.29, 0.717) is 6.42 Å². The van der Waals surface area contributed by atoms with Crippen LogP contribution in [0.1, 0.15) is 13.3 Å². The molecule has 0 aromatic carbocycles. The summed E-state index contributed by atoms with van der Waals surface area (Å²) in [5.74, 6) is -0.384. The predicted octanol–water partition coefficient (Wildman–Crippen LogP) is -0.135. The van der Waals surface area contributed by atoms with Crippen LogP contribution < -0.4 is 0 Å². The molecule has 2 bridgehead atoms. The molecule has 3 saturated heterocycles. The molecule has 0 spiro atoms. The molecule has 8 heteroatoms. The number of fused-ring (bicyclic) bond motifs is 1. The zero-order valence-corrected chi connectivity index (χ0v) is 12.3. The number of likely N-dealkylation sites (N-methyl/N-ethyl adjacent to an activating group) is 1. The number of nitrogens with zero attached hydrogens (tertiary/aromatic N) is 1. The first kappa shape index (κ1) is 12.8. The van der Waals surface area contributed by atoms with Gasteiger partial charge in [-0.3, -0.25) is 4.79 Å². The van der Waals surface area contributed by atoms with Gasteiger partial charge in [-0.1, -0.05) is 15.9 Å². The van der Waals surface area contributed by atoms with E-state index >= 15 is 0 Å². The van der Waals surface area contributed by atoms with E-state index in [9.17, 15) is 13.2 Å². The second-order valence-electron chi connectivity index (χ2n) is 4.98. The minimum absolute atomic E-state index is 0.292. The van der Waals surface area contributed by atoms with E-state index in [0.717, 1.165) is 0 Å². The van der Waals surface area contributed by atoms with E-state index in [1.165, 1.54) is 11.4 Å². The Balaban J connectivity index is 1.87. The number of esters is 1. The van der Waals surface area contributed by atoms with Gasteiger partial charge in [-0.15, -0.1) is 0 Å². The average molecular weight is 340 g/mol. The summed E-state index contributed by atoms with van der Waals surface area (Å²) in [4.78, 5) is 11.2. The van der Waals surface area contributed by atoms with Gasteiger partial charge in [-0.2, -0.15) is 4.31 Å². The molecule has 6 nitrogen and oxygen atoms in total. The third-order valence-electron chi connectivity index (χ3n) is 3.98. The van der Waals surface area contributed by atoms with Crippen LogP contribution in [0.15, 0.2) is 0 Å². The van der Waals surface area contributed by atoms with Gasteiger partial charge in [0.05, 0.1) is 18.2 Å². The van der Waals surface area contributed by atoms with E-state index in [2.05, 4.69) is 15.9 Å². The number of carbonyl (C=O) groups excluding carboxylic acids is 1. The van der Waals surface area contributed by atoms with Crippen molar-refractivity contribution in [3.63, 3.8) is 0 Å². The Kier molecular flexibility index (Phi) is 2.79. The van der Waals surface area contributed by atoms with Crippen LogP contribution in [0.5, 0.6) is 0 Å². The van der Waals surface area contributed by atoms with Crippen molar-refractivity contribution in [1.29, 1.82) is 0 Å². The Morgan fingerprint density at radius 2 is 2.22 bits per heavy atom. The molecule has 0 aromatic rings. The van der Waals surface area contributed by atoms with Crippen molar-refractivity contribution < 1.29 is 22.7 Å². The van der Waals surface area contributed by atoms with Crippen molar-refractivity contribution in [2.24, 2.45) is 0 Å². The van der Waals surface area contributed by atoms with Crippen molar-refractivity contribution in [2.75, 3.05) is 7.05 Å². The van der Waals surface area contributed by atoms with E-state index < -0.39 is 26.2 Å². The van der Waals surface area contributed by atoms with E-state index in [1.54, 1.807) is 6.92 Å². The summed E-state index contributed by atoms with van der Waals surface area (Å²) in [6.45, 7) is 1.67. The van der Waals surface area contributed by atoms with Gasteiger partial charge in [0, 0.05) is 7.05 Å². The van der Waals surface area contributed by atoms with Gasteiger partial charge < -0.3 is 9.47 Å². The Morgan fingerprint density at radius 1 is 1.56 bits per heavy atom. The standard InChI is InChI=1S/C10H14BrNO5S/c1-4(11)10(13)17-8-5-3-6-9(16-5)7(8)12(2)18(6,14)15/h4-9H,3H2,1-2H3. The Labute approximate surface area is 114 Å². The largest absolute Gasteiger partial charge is 0.457 e. The number of hydrogen-bond donors (Lipinski definition) is 0. The molecule has 0 radical (unpaired) electrons. The van der Waals surface area contributed by atoms with Crippen LogP contribution in [-0.4, -0.2) is 60.2 Å². The van der Waals surface area contributed by atoms with Gasteiger partial charge in [-0.05, 0) is 13.3 Å². The van der Waals surface area contributed by atoms with Gasteiger partial charge in [0.2, 0.25) is 10.0 Å². The van der Waals surface area contributed by atoms with Crippen molar-refractivity contribution in [3.8, 4) is 0 Å². The van der Waals surface area contributed by atoms with Crippen LogP contribution in [-0.2, 0) is 24.3 Å². The maximum absolute atomic E-state index is 12.1. The fourth-order valence-corrected chi connectivity index (χ4v) is 5.20. The Hall–Kier alpha value is -0.180. The number of rotatable bonds is 2. The van der Waals surface area contributed by atoms with E-state index in [1.807, 2.05) is 0 Å². The van der Waals surface area contributed by atoms with Crippen molar-refractivity contribution in [3.05, 3.63) is 0 Å². The number of sulfonamides is 1. The zero-order chi connectivity index (χ0) is 13.2. The van der Waals surface area contributed by atoms with Crippen LogP contribution in [0.3, 0.4) is 0 Å². The molecule has 3 aliphatic rings. The highest BCUT2D eigenvalue weighted by molar-refractivity contribution is 9.10. The number of carbonyl (C=O) groups is 1. The molecule has 3 heterocycles. The zero-order valence-electron chi connectivity index (χ0n) is 9.95. The minimum atomic E-state index is -3.29. The maximum Gasteiger partial charge on any atom is 0.319 e. The molecule has 0 saturated carbocycles. The topological polar surface area (TPSA) is 72.9 Å². The quantitative estimate of drug-likeness (QED) is 0.517. The fraction of sp³-hybridized carbons (Fsp3) is 0.900. The third-order valence-corrected chi connectivity index (χ3v) is 6.63. The molecule has 3 rings (SSSR count). The highest BCUT2D eigenvalue weighted by atomic mass is 79.9. The molecule has 18 heavy (non-hydrogen) atoms. The molecular formula is C10H14BrNO5S. The summed E-state index contributed by atoms with van der Waals surface area (Å²) in [6.07, 6.45) is -0.711. The van der Waals surface area contributed by atoms with Gasteiger partial charge in [0.25, 0.3) is 0 Å². The van der Waals surface area contributed by atoms with Crippen LogP contribution in [0, 0.1) is 0 Å². The minimum Gasteiger partial charge on any atom is -0.457 e. The second kappa shape index (κ2) is 3.91. The lowest BCUT2D eigenvalue weighted by Crippen LogP contribution is -2.46. The monoisotopic (exact) mass is 339 g/mol. The first-order valence-corrected chi connectivity index (χ1v) is 8.23. The molecule has 6 unspecified atom stereocenters. The van der Waals surface area contributed by atoms with Crippen molar-refractivity contribution >= 4 is 31.9 Å². The van der Waals surface area contributed by atoms with Crippen LogP contribution in [0.2, 0.25) is 0 Å². The van der Waals surface area contributed by atoms with Crippen LogP contribution >= 0.6 is 15.9 Å². The highest BCUT2D eigenvalue weighted by Crippen LogP contribution is 2.48. The number of alkyl halides is 1. The molecule has 0 aromatic heterocycles. The first-order valence-electron chi connectivity index (χ1n) is 5.81. The molecule has 0 N–H and O–H groups in total. The number of ether oxygens (including phenoxy) is 2. The number of hydrogen-bond acceptors (Lipinski definition) is 5. The summed E-state index contributed by atoms with van der Waals surface area (Å²) in [7, 11) is -1.76. The van der Waals surface area contributed by atoms with Gasteiger partial charge in [0.1, 0.15) is 16.2 Å². The fourth-order valence-electron chi connectivity index (χ4n) is 3.09. The van der Waals surface area contributed by atoms with E-state index in [-0.39, 0.29) is 24.2 Å². The highest BCUT2D eigenvalue weighted by Gasteiger charge is 2.68. The van der Waals surface area contributed by atoms with Gasteiger partial charge >= 0.3 is 5.97 Å². The smallest absolute Gasteiger partial charge is 0.319 e. The predicted molar refractivity (Wildman–Crippen MR) is 65.8 cm³/mol. The SMILES string of the molecule is CC(Br)C(=O)OC1C2CC3C(O2)C1N(C)S3(=O)=O. The first-order chi connectivity index (χ1) is 8.34. The third kappa shape index (κ3) is 1.52. The Morgan fingerprint density at radius 3 is 2.83 bits per heavy atom. The lowest BCUT2D eigenvalue weighted by molar-refractivity contribution is -0.151. The second-order valence-corrected chi connectivity index (χ2v) is 8.57. The van der Waals surface area contributed by atoms with Crippen molar-refractivity contribution in [2.45, 2.75) is 47.8 Å². The maximum atomic E-state index is 12.1. The lowest BCUT2D eigenvalue weighted by Gasteiger charge is -2.26. The summed E-state index contributed by atoms with van der Waals surface area (Å²) in [6, 6.07) is -0.367. The van der Waals surface area contributed by atoms with Gasteiger partial charge in [0.15, 0.2) is 0 Å². The molecule has 3 aliphatic heterocycles. The molecule has 0 aliphatic carbocycles. The summed E-state index contributed by atoms with van der Waals surface area (Å²) < 4.78 is 36.5. The lowest BCUT2D eigenvalue weighted by atomic mass is 9.92. The normalized spacial score (nSPS) is 46.3. The number of halogens is 1. The van der Waals surface area contributed by atoms with Gasteiger partial charge in [-0.25, -0.2) is 8.42 Å².